The van der Waals surface area contributed by atoms with Crippen LogP contribution in [0.25, 0.3) is 0 Å². The molecule has 12 nitrogen and oxygen atoms in total. The van der Waals surface area contributed by atoms with Crippen LogP contribution < -0.4 is 9.47 Å². The van der Waals surface area contributed by atoms with E-state index in [9.17, 15) is 35.7 Å². The first kappa shape index (κ1) is 26.6. The van der Waals surface area contributed by atoms with Gasteiger partial charge in [0.15, 0.2) is 17.8 Å². The lowest BCUT2D eigenvalue weighted by Crippen LogP contribution is -2.61. The minimum atomic E-state index is -1.70. The second-order valence-electron chi connectivity index (χ2n) is 8.28. The fraction of sp³-hybridized carbons (Fsp3) is 0.636. The lowest BCUT2D eigenvalue weighted by Gasteiger charge is -2.42. The summed E-state index contributed by atoms with van der Waals surface area (Å²) in [6.07, 6.45) is -12.3. The average molecular weight is 488 g/mol. The van der Waals surface area contributed by atoms with Gasteiger partial charge in [-0.15, -0.1) is 6.58 Å². The van der Waals surface area contributed by atoms with Gasteiger partial charge in [0, 0.05) is 0 Å². The normalized spacial score (nSPS) is 38.4. The molecule has 7 N–H and O–H groups in total. The zero-order valence-electron chi connectivity index (χ0n) is 18.8. The third kappa shape index (κ3) is 5.46. The van der Waals surface area contributed by atoms with E-state index >= 15 is 0 Å². The molecule has 1 aromatic carbocycles. The van der Waals surface area contributed by atoms with Gasteiger partial charge in [-0.2, -0.15) is 0 Å². The molecule has 0 amide bonds. The molecule has 0 aliphatic carbocycles. The fourth-order valence-corrected chi connectivity index (χ4v) is 3.78. The Kier molecular flexibility index (Phi) is 8.73. The van der Waals surface area contributed by atoms with Crippen LogP contribution in [0.4, 0.5) is 0 Å². The Morgan fingerprint density at radius 2 is 1.50 bits per heavy atom. The van der Waals surface area contributed by atoms with E-state index in [0.29, 0.717) is 12.0 Å². The summed E-state index contributed by atoms with van der Waals surface area (Å²) in [5, 5.41) is 71.2. The van der Waals surface area contributed by atoms with Gasteiger partial charge in [-0.3, -0.25) is 0 Å². The van der Waals surface area contributed by atoms with Crippen LogP contribution in [0.3, 0.4) is 0 Å². The Balaban J connectivity index is 1.73. The van der Waals surface area contributed by atoms with Crippen molar-refractivity contribution >= 4 is 0 Å². The number of aliphatic hydroxyl groups excluding tert-OH is 6. The van der Waals surface area contributed by atoms with Crippen molar-refractivity contribution in [3.8, 4) is 17.2 Å². The van der Waals surface area contributed by atoms with Gasteiger partial charge in [0.05, 0.1) is 19.8 Å². The molecular formula is C22H32O12. The second kappa shape index (κ2) is 11.2. The molecule has 0 aromatic heterocycles. The number of hydrogen-bond acceptors (Lipinski definition) is 12. The molecule has 2 heterocycles. The van der Waals surface area contributed by atoms with Crippen LogP contribution in [0.15, 0.2) is 24.8 Å². The summed E-state index contributed by atoms with van der Waals surface area (Å²) in [6.45, 7) is 4.70. The van der Waals surface area contributed by atoms with Crippen molar-refractivity contribution in [1.82, 2.24) is 0 Å². The van der Waals surface area contributed by atoms with Gasteiger partial charge in [0.2, 0.25) is 12.0 Å². The summed E-state index contributed by atoms with van der Waals surface area (Å²) in [5.41, 5.74) is 0.684. The first-order chi connectivity index (χ1) is 16.1. The largest absolute Gasteiger partial charge is 0.502 e. The number of aliphatic hydroxyl groups is 6. The van der Waals surface area contributed by atoms with E-state index in [4.69, 9.17) is 23.7 Å². The van der Waals surface area contributed by atoms with Crippen molar-refractivity contribution < 1.29 is 59.4 Å². The number of hydrogen-bond donors (Lipinski definition) is 7. The van der Waals surface area contributed by atoms with Gasteiger partial charge in [0.25, 0.3) is 0 Å². The Bertz CT molecular complexity index is 834. The number of methoxy groups -OCH3 is 1. The fourth-order valence-electron chi connectivity index (χ4n) is 3.78. The third-order valence-corrected chi connectivity index (χ3v) is 5.84. The molecule has 0 bridgehead atoms. The molecule has 2 aliphatic heterocycles. The zero-order chi connectivity index (χ0) is 25.2. The quantitative estimate of drug-likeness (QED) is 0.203. The molecule has 10 atom stereocenters. The van der Waals surface area contributed by atoms with Gasteiger partial charge in [-0.25, -0.2) is 0 Å². The standard InChI is InChI=1S/C22H32O12/c1-4-5-10-6-11(30-3)15(24)12(7-10)33-22-20(29)18(27)16(25)13(34-22)8-31-21-19(28)17(26)14(23)9(2)32-21/h4,6-7,9,13-14,16-29H,1,5,8H2,2-3H3/t9-,13+,14-,16+,17+,18-,19+,20+,21+,22+/m0/s1. The molecule has 0 saturated carbocycles. The Labute approximate surface area is 196 Å². The monoisotopic (exact) mass is 488 g/mol. The smallest absolute Gasteiger partial charge is 0.229 e. The number of benzene rings is 1. The first-order valence-electron chi connectivity index (χ1n) is 10.8. The molecule has 3 rings (SSSR count). The van der Waals surface area contributed by atoms with Crippen LogP contribution in [0, 0.1) is 0 Å². The minimum Gasteiger partial charge on any atom is -0.502 e. The van der Waals surface area contributed by atoms with Crippen LogP contribution in [-0.4, -0.2) is 111 Å². The highest BCUT2D eigenvalue weighted by atomic mass is 16.7. The predicted octanol–water partition coefficient (Wildman–Crippen LogP) is -1.84. The number of allylic oxidation sites excluding steroid dienone is 1. The average Bonchev–Trinajstić information content (AvgIpc) is 2.82. The number of aromatic hydroxyl groups is 1. The maximum absolute atomic E-state index is 10.4. The van der Waals surface area contributed by atoms with Crippen molar-refractivity contribution in [3.63, 3.8) is 0 Å². The van der Waals surface area contributed by atoms with Crippen molar-refractivity contribution in [2.75, 3.05) is 13.7 Å². The molecule has 34 heavy (non-hydrogen) atoms. The molecule has 192 valence electrons. The highest BCUT2D eigenvalue weighted by molar-refractivity contribution is 5.53. The molecule has 0 radical (unpaired) electrons. The molecule has 2 saturated heterocycles. The van der Waals surface area contributed by atoms with E-state index < -0.39 is 68.0 Å². The van der Waals surface area contributed by atoms with E-state index in [0.717, 1.165) is 0 Å². The number of ether oxygens (including phenoxy) is 5. The zero-order valence-corrected chi connectivity index (χ0v) is 18.8. The van der Waals surface area contributed by atoms with Crippen LogP contribution in [0.5, 0.6) is 17.2 Å². The second-order valence-corrected chi connectivity index (χ2v) is 8.28. The maximum Gasteiger partial charge on any atom is 0.229 e. The van der Waals surface area contributed by atoms with Crippen molar-refractivity contribution in [2.24, 2.45) is 0 Å². The number of phenols is 1. The molecule has 0 unspecified atom stereocenters. The van der Waals surface area contributed by atoms with E-state index in [-0.39, 0.29) is 17.2 Å². The van der Waals surface area contributed by atoms with Gasteiger partial charge in [-0.05, 0) is 31.0 Å². The first-order valence-corrected chi connectivity index (χ1v) is 10.8. The molecule has 2 aliphatic rings. The van der Waals surface area contributed by atoms with E-state index in [2.05, 4.69) is 6.58 Å². The van der Waals surface area contributed by atoms with Gasteiger partial charge in [0.1, 0.15) is 42.7 Å². The van der Waals surface area contributed by atoms with Crippen LogP contribution in [0.1, 0.15) is 12.5 Å². The Hall–Kier alpha value is -2.00. The lowest BCUT2D eigenvalue weighted by molar-refractivity contribution is -0.318. The van der Waals surface area contributed by atoms with E-state index in [1.165, 1.54) is 20.1 Å². The third-order valence-electron chi connectivity index (χ3n) is 5.84. The van der Waals surface area contributed by atoms with Gasteiger partial charge >= 0.3 is 0 Å². The predicted molar refractivity (Wildman–Crippen MR) is 114 cm³/mol. The lowest BCUT2D eigenvalue weighted by atomic mass is 9.98. The van der Waals surface area contributed by atoms with Crippen LogP contribution in [0.2, 0.25) is 0 Å². The molecular weight excluding hydrogens is 456 g/mol. The summed E-state index contributed by atoms with van der Waals surface area (Å²) in [4.78, 5) is 0. The van der Waals surface area contributed by atoms with Crippen molar-refractivity contribution in [2.45, 2.75) is 74.8 Å². The number of rotatable bonds is 8. The maximum atomic E-state index is 10.4. The van der Waals surface area contributed by atoms with Crippen LogP contribution in [-0.2, 0) is 20.6 Å². The van der Waals surface area contributed by atoms with Crippen LogP contribution >= 0.6 is 0 Å². The minimum absolute atomic E-state index is 0.0968. The van der Waals surface area contributed by atoms with Gasteiger partial charge in [-0.1, -0.05) is 6.08 Å². The Morgan fingerprint density at radius 1 is 0.882 bits per heavy atom. The van der Waals surface area contributed by atoms with Gasteiger partial charge < -0.3 is 59.4 Å². The van der Waals surface area contributed by atoms with Crippen molar-refractivity contribution in [1.29, 1.82) is 0 Å². The molecule has 12 heteroatoms. The summed E-state index contributed by atoms with van der Waals surface area (Å²) in [5.74, 6) is -0.348. The number of phenolic OH excluding ortho intramolecular Hbond substituents is 1. The summed E-state index contributed by atoms with van der Waals surface area (Å²) in [6, 6.07) is 3.07. The van der Waals surface area contributed by atoms with Crippen molar-refractivity contribution in [3.05, 3.63) is 30.4 Å². The summed E-state index contributed by atoms with van der Waals surface area (Å²) < 4.78 is 27.1. The molecule has 2 fully saturated rings. The van der Waals surface area contributed by atoms with E-state index in [1.54, 1.807) is 12.1 Å². The highest BCUT2D eigenvalue weighted by Crippen LogP contribution is 2.39. The molecule has 0 spiro atoms. The summed E-state index contributed by atoms with van der Waals surface area (Å²) in [7, 11) is 1.36. The summed E-state index contributed by atoms with van der Waals surface area (Å²) >= 11 is 0. The Morgan fingerprint density at radius 3 is 2.15 bits per heavy atom. The molecule has 1 aromatic rings. The highest BCUT2D eigenvalue weighted by Gasteiger charge is 2.47. The SMILES string of the molecule is C=CCc1cc(OC)c(O)c(O[C@@H]2O[C@H](CO[C@@H]3O[C@@H](C)[C@H](O)[C@@H](O)[C@H]3O)[C@@H](O)[C@H](O)[C@H]2O)c1. The van der Waals surface area contributed by atoms with E-state index in [1.807, 2.05) is 0 Å². The topological polar surface area (TPSA) is 188 Å².